The van der Waals surface area contributed by atoms with Crippen LogP contribution in [-0.4, -0.2) is 6.71 Å². The van der Waals surface area contributed by atoms with E-state index in [2.05, 4.69) is 202 Å². The molecule has 0 bridgehead atoms. The number of para-hydroxylation sites is 1. The summed E-state index contributed by atoms with van der Waals surface area (Å²) in [6, 6.07) is 43.9. The SMILES string of the molecule is Cc1cc2c3c(c1)N(c1c(C)cc(-c4cc5ccccc5o4)cc1C)c1c(sc4ccc(C(C)(C)C)cc14)B3c1cc(C(C)(C)C)ccc1N2c1ccc(C(C)(C)C)cc1. The Bertz CT molecular complexity index is 2980. The lowest BCUT2D eigenvalue weighted by Crippen LogP contribution is -2.60. The van der Waals surface area contributed by atoms with Crippen LogP contribution in [0.4, 0.5) is 34.1 Å². The average Bonchev–Trinajstić information content (AvgIpc) is 3.79. The lowest BCUT2D eigenvalue weighted by molar-refractivity contribution is 0.590. The molecule has 0 aliphatic carbocycles. The van der Waals surface area contributed by atoms with E-state index < -0.39 is 0 Å². The van der Waals surface area contributed by atoms with Gasteiger partial charge in [-0.05, 0) is 148 Å². The van der Waals surface area contributed by atoms with Crippen LogP contribution in [0.2, 0.25) is 0 Å². The molecule has 2 aromatic heterocycles. The Labute approximate surface area is 360 Å². The number of rotatable bonds is 3. The van der Waals surface area contributed by atoms with E-state index in [0.717, 1.165) is 22.3 Å². The van der Waals surface area contributed by atoms with Crippen molar-refractivity contribution < 1.29 is 4.42 Å². The summed E-state index contributed by atoms with van der Waals surface area (Å²) in [5, 5.41) is 2.45. The van der Waals surface area contributed by atoms with Crippen molar-refractivity contribution in [3.8, 4) is 11.3 Å². The van der Waals surface area contributed by atoms with Gasteiger partial charge in [-0.25, -0.2) is 0 Å². The summed E-state index contributed by atoms with van der Waals surface area (Å²) in [4.78, 5) is 5.20. The number of nitrogens with zero attached hydrogens (tertiary/aromatic N) is 2. The van der Waals surface area contributed by atoms with Gasteiger partial charge in [0.05, 0.1) is 11.4 Å². The van der Waals surface area contributed by atoms with Crippen LogP contribution in [0.1, 0.15) is 95.7 Å². The predicted octanol–water partition coefficient (Wildman–Crippen LogP) is 14.2. The Balaban J connectivity index is 1.29. The molecule has 2 aliphatic heterocycles. The van der Waals surface area contributed by atoms with Gasteiger partial charge in [0.15, 0.2) is 0 Å². The summed E-state index contributed by atoms with van der Waals surface area (Å²) in [5.41, 5.74) is 20.1. The summed E-state index contributed by atoms with van der Waals surface area (Å²) < 4.78 is 9.18. The number of hydrogen-bond donors (Lipinski definition) is 0. The van der Waals surface area contributed by atoms with Crippen molar-refractivity contribution in [2.75, 3.05) is 9.80 Å². The van der Waals surface area contributed by atoms with Crippen LogP contribution in [0.5, 0.6) is 0 Å². The third-order valence-electron chi connectivity index (χ3n) is 13.0. The molecule has 8 aromatic rings. The fraction of sp³-hybridized carbons (Fsp3) is 0.273. The number of fused-ring (bicyclic) bond motifs is 7. The molecule has 0 fully saturated rings. The molecule has 60 heavy (non-hydrogen) atoms. The topological polar surface area (TPSA) is 19.6 Å². The third kappa shape index (κ3) is 6.06. The van der Waals surface area contributed by atoms with Crippen LogP contribution in [0, 0.1) is 20.8 Å². The van der Waals surface area contributed by atoms with E-state index >= 15 is 0 Å². The van der Waals surface area contributed by atoms with Gasteiger partial charge in [-0.1, -0.05) is 111 Å². The van der Waals surface area contributed by atoms with Crippen molar-refractivity contribution in [2.24, 2.45) is 0 Å². The van der Waals surface area contributed by atoms with E-state index in [-0.39, 0.29) is 23.0 Å². The third-order valence-corrected chi connectivity index (χ3v) is 14.2. The summed E-state index contributed by atoms with van der Waals surface area (Å²) in [6.45, 7) is 27.8. The highest BCUT2D eigenvalue weighted by Gasteiger charge is 2.46. The smallest absolute Gasteiger partial charge is 0.264 e. The fourth-order valence-electron chi connectivity index (χ4n) is 9.75. The van der Waals surface area contributed by atoms with Gasteiger partial charge in [0.2, 0.25) is 0 Å². The maximum absolute atomic E-state index is 6.45. The lowest BCUT2D eigenvalue weighted by atomic mass is 9.36. The molecule has 0 amide bonds. The van der Waals surface area contributed by atoms with Crippen LogP contribution in [-0.2, 0) is 16.2 Å². The van der Waals surface area contributed by atoms with Crippen molar-refractivity contribution >= 4 is 88.9 Å². The summed E-state index contributed by atoms with van der Waals surface area (Å²) in [6.07, 6.45) is 0. The Morgan fingerprint density at radius 2 is 1.15 bits per heavy atom. The van der Waals surface area contributed by atoms with Gasteiger partial charge in [0.25, 0.3) is 6.71 Å². The molecular weight excluding hydrogens is 747 g/mol. The number of benzene rings is 6. The molecule has 0 atom stereocenters. The molecule has 300 valence electrons. The quantitative estimate of drug-likeness (QED) is 0.166. The largest absolute Gasteiger partial charge is 0.456 e. The van der Waals surface area contributed by atoms with E-state index in [1.54, 1.807) is 0 Å². The second-order valence-corrected chi connectivity index (χ2v) is 21.6. The minimum absolute atomic E-state index is 0.00627. The van der Waals surface area contributed by atoms with Crippen molar-refractivity contribution in [1.82, 2.24) is 0 Å². The van der Waals surface area contributed by atoms with Gasteiger partial charge in [0, 0.05) is 48.6 Å². The fourth-order valence-corrected chi connectivity index (χ4v) is 11.1. The average molecular weight is 803 g/mol. The van der Waals surface area contributed by atoms with Crippen LogP contribution in [0.25, 0.3) is 32.4 Å². The Kier molecular flexibility index (Phi) is 8.53. The highest BCUT2D eigenvalue weighted by atomic mass is 32.1. The van der Waals surface area contributed by atoms with Gasteiger partial charge in [-0.2, -0.15) is 0 Å². The predicted molar refractivity (Wildman–Crippen MR) is 261 cm³/mol. The zero-order valence-electron chi connectivity index (χ0n) is 37.3. The highest BCUT2D eigenvalue weighted by Crippen LogP contribution is 2.51. The van der Waals surface area contributed by atoms with Crippen molar-refractivity contribution in [3.05, 3.63) is 149 Å². The maximum Gasteiger partial charge on any atom is 0.264 e. The summed E-state index contributed by atoms with van der Waals surface area (Å²) in [7, 11) is 0. The zero-order chi connectivity index (χ0) is 42.2. The molecular formula is C55H55BN2OS. The number of furan rings is 1. The molecule has 4 heterocycles. The Morgan fingerprint density at radius 3 is 1.80 bits per heavy atom. The van der Waals surface area contributed by atoms with Crippen LogP contribution >= 0.6 is 11.3 Å². The van der Waals surface area contributed by atoms with Gasteiger partial charge < -0.3 is 14.2 Å². The van der Waals surface area contributed by atoms with E-state index in [9.17, 15) is 0 Å². The lowest BCUT2D eigenvalue weighted by Gasteiger charge is -2.44. The van der Waals surface area contributed by atoms with E-state index in [1.807, 2.05) is 17.4 Å². The molecule has 0 radical (unpaired) electrons. The van der Waals surface area contributed by atoms with E-state index in [0.29, 0.717) is 0 Å². The van der Waals surface area contributed by atoms with Gasteiger partial charge >= 0.3 is 0 Å². The first-order valence-electron chi connectivity index (χ1n) is 21.5. The second-order valence-electron chi connectivity index (χ2n) is 20.5. The minimum Gasteiger partial charge on any atom is -0.456 e. The number of anilines is 6. The standard InChI is InChI=1S/C55H55BN2OS/c1-32-25-44-49-45(26-32)58(50-33(2)27-36(28-34(50)3)47-29-35-15-13-14-16-46(35)59-47)51-41-30-38(54(7,8)9)20-24-48(41)60-52(51)56(49)42-31-39(55(10,11)12)19-23-43(42)57(44)40-21-17-37(18-22-40)53(4,5)6/h13-31H,1-12H3. The Morgan fingerprint density at radius 1 is 0.550 bits per heavy atom. The molecule has 0 saturated carbocycles. The van der Waals surface area contributed by atoms with E-state index in [1.165, 1.54) is 93.3 Å². The first-order chi connectivity index (χ1) is 28.4. The van der Waals surface area contributed by atoms with Crippen LogP contribution in [0.15, 0.2) is 120 Å². The molecule has 5 heteroatoms. The van der Waals surface area contributed by atoms with Gasteiger partial charge in [-0.15, -0.1) is 11.3 Å². The molecule has 0 unspecified atom stereocenters. The number of aryl methyl sites for hydroxylation is 3. The van der Waals surface area contributed by atoms with Gasteiger partial charge in [0.1, 0.15) is 11.3 Å². The second kappa shape index (κ2) is 13.2. The maximum atomic E-state index is 6.45. The molecule has 2 aliphatic rings. The Hall–Kier alpha value is -5.52. The number of hydrogen-bond acceptors (Lipinski definition) is 4. The monoisotopic (exact) mass is 802 g/mol. The van der Waals surface area contributed by atoms with Crippen molar-refractivity contribution in [2.45, 2.75) is 99.3 Å². The van der Waals surface area contributed by atoms with Gasteiger partial charge in [-0.3, -0.25) is 0 Å². The van der Waals surface area contributed by atoms with Crippen LogP contribution < -0.4 is 25.5 Å². The van der Waals surface area contributed by atoms with Crippen molar-refractivity contribution in [1.29, 1.82) is 0 Å². The normalized spacial score (nSPS) is 13.9. The zero-order valence-corrected chi connectivity index (χ0v) is 38.1. The molecule has 0 spiro atoms. The minimum atomic E-state index is -0.00822. The van der Waals surface area contributed by atoms with E-state index in [4.69, 9.17) is 4.42 Å². The first-order valence-corrected chi connectivity index (χ1v) is 22.4. The van der Waals surface area contributed by atoms with Crippen LogP contribution in [0.3, 0.4) is 0 Å². The molecule has 0 N–H and O–H groups in total. The summed E-state index contributed by atoms with van der Waals surface area (Å²) in [5.74, 6) is 0.900. The molecule has 3 nitrogen and oxygen atoms in total. The van der Waals surface area contributed by atoms with Crippen molar-refractivity contribution in [3.63, 3.8) is 0 Å². The highest BCUT2D eigenvalue weighted by molar-refractivity contribution is 7.33. The number of thiophene rings is 1. The first kappa shape index (κ1) is 38.7. The molecule has 0 saturated heterocycles. The molecule has 10 rings (SSSR count). The summed E-state index contributed by atoms with van der Waals surface area (Å²) >= 11 is 1.98. The molecule has 6 aromatic carbocycles.